The lowest BCUT2D eigenvalue weighted by atomic mass is 10.1. The number of carbonyl (C=O) groups is 1. The Bertz CT molecular complexity index is 1260. The van der Waals surface area contributed by atoms with Gasteiger partial charge in [-0.1, -0.05) is 37.3 Å². The van der Waals surface area contributed by atoms with E-state index in [2.05, 4.69) is 15.2 Å². The smallest absolute Gasteiger partial charge is 0.268 e. The fourth-order valence-electron chi connectivity index (χ4n) is 3.94. The van der Waals surface area contributed by atoms with Crippen LogP contribution in [0.15, 0.2) is 35.5 Å². The van der Waals surface area contributed by atoms with Crippen LogP contribution in [-0.2, 0) is 17.1 Å². The maximum Gasteiger partial charge on any atom is 0.268 e. The maximum atomic E-state index is 12.6. The van der Waals surface area contributed by atoms with Crippen molar-refractivity contribution in [3.05, 3.63) is 47.0 Å². The highest BCUT2D eigenvalue weighted by Crippen LogP contribution is 2.27. The third-order valence-corrected chi connectivity index (χ3v) is 7.34. The Morgan fingerprint density at radius 1 is 1.24 bits per heavy atom. The number of halogens is 1. The third kappa shape index (κ3) is 5.36. The van der Waals surface area contributed by atoms with Crippen molar-refractivity contribution in [3.63, 3.8) is 0 Å². The normalized spacial score (nSPS) is 14.5. The summed E-state index contributed by atoms with van der Waals surface area (Å²) in [5, 5.41) is 8.18. The van der Waals surface area contributed by atoms with Crippen molar-refractivity contribution < 1.29 is 17.9 Å². The lowest BCUT2D eigenvalue weighted by molar-refractivity contribution is 0.0981. The predicted molar refractivity (Wildman–Crippen MR) is 121 cm³/mol. The van der Waals surface area contributed by atoms with Gasteiger partial charge in [0.1, 0.15) is 10.0 Å². The summed E-state index contributed by atoms with van der Waals surface area (Å²) in [4.78, 5) is 16.7. The highest BCUT2D eigenvalue weighted by atomic mass is 35.5. The largest absolute Gasteiger partial charge is 0.477 e. The molecular weight excluding hydrogens is 468 g/mol. The molecule has 10 nitrogen and oxygen atoms in total. The van der Waals surface area contributed by atoms with Crippen molar-refractivity contribution in [2.24, 2.45) is 13.0 Å². The number of aryl methyl sites for hydroxylation is 2. The first-order valence-corrected chi connectivity index (χ1v) is 12.5. The van der Waals surface area contributed by atoms with E-state index in [0.717, 1.165) is 12.3 Å². The van der Waals surface area contributed by atoms with Crippen LogP contribution in [-0.4, -0.2) is 45.5 Å². The predicted octanol–water partition coefficient (Wildman–Crippen LogP) is 3.04. The van der Waals surface area contributed by atoms with Gasteiger partial charge in [-0.05, 0) is 31.4 Å². The molecule has 0 radical (unpaired) electrons. The van der Waals surface area contributed by atoms with E-state index in [1.807, 2.05) is 4.72 Å². The molecule has 1 amide bonds. The number of rotatable bonds is 8. The molecule has 1 aliphatic rings. The van der Waals surface area contributed by atoms with Gasteiger partial charge in [-0.3, -0.25) is 9.48 Å². The number of amides is 1. The van der Waals surface area contributed by atoms with Gasteiger partial charge in [0, 0.05) is 25.5 Å². The molecule has 1 N–H and O–H groups in total. The van der Waals surface area contributed by atoms with Crippen LogP contribution in [0.25, 0.3) is 5.82 Å². The van der Waals surface area contributed by atoms with E-state index in [-0.39, 0.29) is 21.3 Å². The van der Waals surface area contributed by atoms with Crippen LogP contribution >= 0.6 is 11.6 Å². The summed E-state index contributed by atoms with van der Waals surface area (Å²) in [5.41, 5.74) is 0.197. The summed E-state index contributed by atoms with van der Waals surface area (Å²) in [5.74, 6) is 0.690. The van der Waals surface area contributed by atoms with Gasteiger partial charge < -0.3 is 4.74 Å². The fraction of sp³-hybridized carbons (Fsp3) is 0.429. The van der Waals surface area contributed by atoms with E-state index in [9.17, 15) is 13.2 Å². The lowest BCUT2D eigenvalue weighted by Gasteiger charge is -2.09. The van der Waals surface area contributed by atoms with Crippen LogP contribution < -0.4 is 9.46 Å². The standard InChI is InChI=1S/C21H25ClN6O4S/c1-14-17(13-27(2)24-14)33(30,31)26-21(29)16-7-8-18(23-20(16)22)28-11-9-19(25-28)32-12-10-15-5-3-4-6-15/h7-9,11,13,15H,3-6,10,12H2,1-2H3,(H,26,29). The number of nitrogens with zero attached hydrogens (tertiary/aromatic N) is 5. The number of nitrogens with one attached hydrogen (secondary N) is 1. The van der Waals surface area contributed by atoms with Gasteiger partial charge in [0.15, 0.2) is 5.82 Å². The Labute approximate surface area is 197 Å². The minimum Gasteiger partial charge on any atom is -0.477 e. The Hall–Kier alpha value is -2.92. The molecule has 3 aromatic heterocycles. The summed E-state index contributed by atoms with van der Waals surface area (Å²) in [7, 11) is -2.52. The van der Waals surface area contributed by atoms with Gasteiger partial charge in [-0.2, -0.15) is 5.10 Å². The van der Waals surface area contributed by atoms with Crippen molar-refractivity contribution in [1.82, 2.24) is 29.3 Å². The van der Waals surface area contributed by atoms with Crippen LogP contribution in [0, 0.1) is 12.8 Å². The molecule has 0 saturated heterocycles. The molecule has 176 valence electrons. The molecule has 0 aliphatic heterocycles. The Kier molecular flexibility index (Phi) is 6.71. The molecule has 0 aromatic carbocycles. The van der Waals surface area contributed by atoms with Crippen LogP contribution in [0.1, 0.15) is 48.2 Å². The molecule has 1 saturated carbocycles. The van der Waals surface area contributed by atoms with Crippen LogP contribution in [0.3, 0.4) is 0 Å². The van der Waals surface area contributed by atoms with Gasteiger partial charge in [0.05, 0.1) is 17.9 Å². The molecule has 3 heterocycles. The second-order valence-corrected chi connectivity index (χ2v) is 10.1. The molecule has 1 fully saturated rings. The average Bonchev–Trinajstić information content (AvgIpc) is 3.49. The van der Waals surface area contributed by atoms with Crippen LogP contribution in [0.2, 0.25) is 5.15 Å². The first-order chi connectivity index (χ1) is 15.7. The molecule has 0 spiro atoms. The molecule has 3 aromatic rings. The fourth-order valence-corrected chi connectivity index (χ4v) is 5.36. The Morgan fingerprint density at radius 3 is 2.67 bits per heavy atom. The van der Waals surface area contributed by atoms with Gasteiger partial charge in [0.2, 0.25) is 5.88 Å². The van der Waals surface area contributed by atoms with Gasteiger partial charge in [-0.25, -0.2) is 22.8 Å². The van der Waals surface area contributed by atoms with E-state index in [1.54, 1.807) is 26.2 Å². The van der Waals surface area contributed by atoms with E-state index < -0.39 is 15.9 Å². The second kappa shape index (κ2) is 9.52. The van der Waals surface area contributed by atoms with Crippen LogP contribution in [0.4, 0.5) is 0 Å². The monoisotopic (exact) mass is 492 g/mol. The molecule has 1 aliphatic carbocycles. The second-order valence-electron chi connectivity index (χ2n) is 8.08. The van der Waals surface area contributed by atoms with E-state index in [4.69, 9.17) is 16.3 Å². The average molecular weight is 493 g/mol. The van der Waals surface area contributed by atoms with E-state index >= 15 is 0 Å². The highest BCUT2D eigenvalue weighted by molar-refractivity contribution is 7.90. The summed E-state index contributed by atoms with van der Waals surface area (Å²) >= 11 is 6.19. The Morgan fingerprint density at radius 2 is 2.00 bits per heavy atom. The van der Waals surface area contributed by atoms with Gasteiger partial charge >= 0.3 is 0 Å². The number of sulfonamides is 1. The van der Waals surface area contributed by atoms with Crippen molar-refractivity contribution in [1.29, 1.82) is 0 Å². The lowest BCUT2D eigenvalue weighted by Crippen LogP contribution is -2.31. The first kappa shape index (κ1) is 23.2. The number of ether oxygens (including phenoxy) is 1. The minimum atomic E-state index is -4.11. The molecule has 12 heteroatoms. The van der Waals surface area contributed by atoms with Crippen molar-refractivity contribution >= 4 is 27.5 Å². The SMILES string of the molecule is Cc1nn(C)cc1S(=O)(=O)NC(=O)c1ccc(-n2ccc(OCCC3CCCC3)n2)nc1Cl. The summed E-state index contributed by atoms with van der Waals surface area (Å²) in [6, 6.07) is 4.65. The molecular formula is C21H25ClN6O4S. The zero-order chi connectivity index (χ0) is 23.6. The zero-order valence-electron chi connectivity index (χ0n) is 18.4. The van der Waals surface area contributed by atoms with Crippen molar-refractivity contribution in [2.45, 2.75) is 43.9 Å². The van der Waals surface area contributed by atoms with E-state index in [1.165, 1.54) is 53.4 Å². The highest BCUT2D eigenvalue weighted by Gasteiger charge is 2.25. The number of hydrogen-bond donors (Lipinski definition) is 1. The maximum absolute atomic E-state index is 12.6. The van der Waals surface area contributed by atoms with Crippen LogP contribution in [0.5, 0.6) is 5.88 Å². The number of aromatic nitrogens is 5. The Balaban J connectivity index is 1.42. The van der Waals surface area contributed by atoms with E-state index in [0.29, 0.717) is 18.3 Å². The topological polar surface area (TPSA) is 121 Å². The minimum absolute atomic E-state index is 0.0780. The number of hydrogen-bond acceptors (Lipinski definition) is 7. The zero-order valence-corrected chi connectivity index (χ0v) is 19.9. The third-order valence-electron chi connectivity index (χ3n) is 5.61. The summed E-state index contributed by atoms with van der Waals surface area (Å²) < 4.78 is 35.7. The molecule has 0 atom stereocenters. The first-order valence-electron chi connectivity index (χ1n) is 10.7. The summed E-state index contributed by atoms with van der Waals surface area (Å²) in [6.45, 7) is 2.15. The number of pyridine rings is 1. The summed E-state index contributed by atoms with van der Waals surface area (Å²) in [6.07, 6.45) is 9.15. The molecule has 4 rings (SSSR count). The van der Waals surface area contributed by atoms with Gasteiger partial charge in [0.25, 0.3) is 15.9 Å². The van der Waals surface area contributed by atoms with Gasteiger partial charge in [-0.15, -0.1) is 5.10 Å². The van der Waals surface area contributed by atoms with Crippen molar-refractivity contribution in [3.8, 4) is 11.7 Å². The quantitative estimate of drug-likeness (QED) is 0.479. The molecule has 0 unspecified atom stereocenters. The molecule has 33 heavy (non-hydrogen) atoms. The molecule has 0 bridgehead atoms. The van der Waals surface area contributed by atoms with Crippen molar-refractivity contribution in [2.75, 3.05) is 6.61 Å². The number of carbonyl (C=O) groups excluding carboxylic acids is 1.